The SMILES string of the molecule is Nc1ccc(NS(=O)(=O)c2cc(Br)ccc2Br)c(Cl)c1. The summed E-state index contributed by atoms with van der Waals surface area (Å²) in [5.74, 6) is 0. The Morgan fingerprint density at radius 1 is 1.10 bits per heavy atom. The van der Waals surface area contributed by atoms with Gasteiger partial charge in [0.2, 0.25) is 0 Å². The molecule has 106 valence electrons. The summed E-state index contributed by atoms with van der Waals surface area (Å²) in [6.07, 6.45) is 0. The van der Waals surface area contributed by atoms with E-state index in [-0.39, 0.29) is 15.6 Å². The lowest BCUT2D eigenvalue weighted by Gasteiger charge is -2.11. The molecule has 0 atom stereocenters. The predicted molar refractivity (Wildman–Crippen MR) is 88.5 cm³/mol. The molecule has 0 saturated carbocycles. The third-order valence-electron chi connectivity index (χ3n) is 2.42. The Morgan fingerprint density at radius 2 is 1.80 bits per heavy atom. The van der Waals surface area contributed by atoms with Gasteiger partial charge < -0.3 is 5.73 Å². The normalized spacial score (nSPS) is 11.3. The first-order valence-corrected chi connectivity index (χ1v) is 8.77. The van der Waals surface area contributed by atoms with Crippen molar-refractivity contribution < 1.29 is 8.42 Å². The van der Waals surface area contributed by atoms with E-state index in [0.29, 0.717) is 14.6 Å². The van der Waals surface area contributed by atoms with Crippen molar-refractivity contribution in [2.75, 3.05) is 10.5 Å². The average Bonchev–Trinajstić information content (AvgIpc) is 2.35. The quantitative estimate of drug-likeness (QED) is 0.701. The number of rotatable bonds is 3. The Hall–Kier alpha value is -0.760. The van der Waals surface area contributed by atoms with Gasteiger partial charge in [0.25, 0.3) is 10.0 Å². The molecule has 0 unspecified atom stereocenters. The molecule has 0 fully saturated rings. The summed E-state index contributed by atoms with van der Waals surface area (Å²) >= 11 is 12.4. The highest BCUT2D eigenvalue weighted by Crippen LogP contribution is 2.30. The first kappa shape index (κ1) is 15.6. The van der Waals surface area contributed by atoms with Gasteiger partial charge >= 0.3 is 0 Å². The molecule has 20 heavy (non-hydrogen) atoms. The topological polar surface area (TPSA) is 72.2 Å². The highest BCUT2D eigenvalue weighted by molar-refractivity contribution is 9.11. The summed E-state index contributed by atoms with van der Waals surface area (Å²) in [6.45, 7) is 0. The summed E-state index contributed by atoms with van der Waals surface area (Å²) in [6, 6.07) is 9.44. The number of halogens is 3. The monoisotopic (exact) mass is 438 g/mol. The molecule has 0 radical (unpaired) electrons. The van der Waals surface area contributed by atoms with E-state index < -0.39 is 10.0 Å². The second-order valence-corrected chi connectivity index (χ2v) is 7.75. The molecule has 0 amide bonds. The summed E-state index contributed by atoms with van der Waals surface area (Å²) in [5, 5.41) is 0.236. The maximum atomic E-state index is 12.4. The molecule has 0 spiro atoms. The molecule has 3 N–H and O–H groups in total. The molecule has 2 aromatic rings. The van der Waals surface area contributed by atoms with Gasteiger partial charge in [-0.15, -0.1) is 0 Å². The molecule has 0 heterocycles. The lowest BCUT2D eigenvalue weighted by molar-refractivity contribution is 0.600. The second kappa shape index (κ2) is 5.93. The lowest BCUT2D eigenvalue weighted by atomic mass is 10.3. The summed E-state index contributed by atoms with van der Waals surface area (Å²) in [4.78, 5) is 0.111. The molecule has 2 aromatic carbocycles. The van der Waals surface area contributed by atoms with Crippen LogP contribution in [0.2, 0.25) is 5.02 Å². The fourth-order valence-electron chi connectivity index (χ4n) is 1.50. The number of nitrogens with one attached hydrogen (secondary N) is 1. The standard InChI is InChI=1S/C12H9Br2ClN2O2S/c13-7-1-3-9(14)12(5-7)20(18,19)17-11-4-2-8(16)6-10(11)15/h1-6,17H,16H2. The zero-order chi connectivity index (χ0) is 14.9. The molecule has 0 aromatic heterocycles. The van der Waals surface area contributed by atoms with Gasteiger partial charge in [0, 0.05) is 14.6 Å². The average molecular weight is 441 g/mol. The first-order chi connectivity index (χ1) is 9.29. The van der Waals surface area contributed by atoms with Gasteiger partial charge in [0.15, 0.2) is 0 Å². The van der Waals surface area contributed by atoms with Crippen molar-refractivity contribution in [3.05, 3.63) is 50.4 Å². The second-order valence-electron chi connectivity index (χ2n) is 3.92. The smallest absolute Gasteiger partial charge is 0.263 e. The Balaban J connectivity index is 2.43. The van der Waals surface area contributed by atoms with Gasteiger partial charge in [-0.05, 0) is 52.3 Å². The van der Waals surface area contributed by atoms with Crippen LogP contribution in [0.15, 0.2) is 50.2 Å². The largest absolute Gasteiger partial charge is 0.399 e. The van der Waals surface area contributed by atoms with E-state index in [1.165, 1.54) is 18.2 Å². The van der Waals surface area contributed by atoms with Crippen molar-refractivity contribution in [1.82, 2.24) is 0 Å². The highest BCUT2D eigenvalue weighted by Gasteiger charge is 2.19. The van der Waals surface area contributed by atoms with E-state index in [9.17, 15) is 8.42 Å². The third-order valence-corrected chi connectivity index (χ3v) is 5.59. The fraction of sp³-hybridized carbons (Fsp3) is 0. The Kier molecular flexibility index (Phi) is 4.63. The van der Waals surface area contributed by atoms with Crippen LogP contribution >= 0.6 is 43.5 Å². The van der Waals surface area contributed by atoms with Gasteiger partial charge in [0.1, 0.15) is 4.90 Å². The van der Waals surface area contributed by atoms with Crippen molar-refractivity contribution in [2.45, 2.75) is 4.90 Å². The predicted octanol–water partition coefficient (Wildman–Crippen LogP) is 4.25. The van der Waals surface area contributed by atoms with Gasteiger partial charge in [-0.2, -0.15) is 0 Å². The van der Waals surface area contributed by atoms with Crippen molar-refractivity contribution in [3.63, 3.8) is 0 Å². The van der Waals surface area contributed by atoms with Crippen LogP contribution in [0.5, 0.6) is 0 Å². The molecule has 8 heteroatoms. The van der Waals surface area contributed by atoms with Crippen LogP contribution in [-0.4, -0.2) is 8.42 Å². The summed E-state index contributed by atoms with van der Waals surface area (Å²) in [5.41, 5.74) is 6.30. The Labute approximate surface area is 138 Å². The zero-order valence-corrected chi connectivity index (χ0v) is 14.6. The van der Waals surface area contributed by atoms with Gasteiger partial charge in [0.05, 0.1) is 10.7 Å². The van der Waals surface area contributed by atoms with Crippen molar-refractivity contribution in [1.29, 1.82) is 0 Å². The van der Waals surface area contributed by atoms with Gasteiger partial charge in [-0.1, -0.05) is 27.5 Å². The number of benzene rings is 2. The van der Waals surface area contributed by atoms with Crippen molar-refractivity contribution in [2.24, 2.45) is 0 Å². The summed E-state index contributed by atoms with van der Waals surface area (Å²) < 4.78 is 28.3. The van der Waals surface area contributed by atoms with E-state index in [0.717, 1.165) is 0 Å². The van der Waals surface area contributed by atoms with Crippen LogP contribution in [-0.2, 0) is 10.0 Å². The van der Waals surface area contributed by atoms with E-state index in [1.54, 1.807) is 18.2 Å². The third kappa shape index (κ3) is 3.46. The van der Waals surface area contributed by atoms with Crippen molar-refractivity contribution >= 4 is 64.9 Å². The maximum Gasteiger partial charge on any atom is 0.263 e. The van der Waals surface area contributed by atoms with Crippen LogP contribution in [0, 0.1) is 0 Å². The van der Waals surface area contributed by atoms with Crippen LogP contribution in [0.1, 0.15) is 0 Å². The van der Waals surface area contributed by atoms with Crippen molar-refractivity contribution in [3.8, 4) is 0 Å². The maximum absolute atomic E-state index is 12.4. The van der Waals surface area contributed by atoms with E-state index in [4.69, 9.17) is 17.3 Å². The molecule has 0 aliphatic carbocycles. The minimum absolute atomic E-state index is 0.111. The van der Waals surface area contributed by atoms with E-state index in [2.05, 4.69) is 36.6 Å². The minimum atomic E-state index is -3.75. The van der Waals surface area contributed by atoms with Gasteiger partial charge in [-0.25, -0.2) is 8.42 Å². The van der Waals surface area contributed by atoms with Crippen LogP contribution in [0.25, 0.3) is 0 Å². The van der Waals surface area contributed by atoms with Crippen LogP contribution < -0.4 is 10.5 Å². The molecule has 0 aliphatic heterocycles. The molecular formula is C12H9Br2ClN2O2S. The zero-order valence-electron chi connectivity index (χ0n) is 9.90. The number of nitrogens with two attached hydrogens (primary N) is 1. The van der Waals surface area contributed by atoms with Crippen LogP contribution in [0.4, 0.5) is 11.4 Å². The molecule has 2 rings (SSSR count). The van der Waals surface area contributed by atoms with Gasteiger partial charge in [-0.3, -0.25) is 4.72 Å². The number of sulfonamides is 1. The molecule has 0 saturated heterocycles. The number of hydrogen-bond acceptors (Lipinski definition) is 3. The molecular weight excluding hydrogens is 431 g/mol. The summed E-state index contributed by atoms with van der Waals surface area (Å²) in [7, 11) is -3.75. The van der Waals surface area contributed by atoms with Crippen LogP contribution in [0.3, 0.4) is 0 Å². The number of nitrogen functional groups attached to an aromatic ring is 1. The first-order valence-electron chi connectivity index (χ1n) is 5.32. The lowest BCUT2D eigenvalue weighted by Crippen LogP contribution is -2.14. The van der Waals surface area contributed by atoms with E-state index in [1.807, 2.05) is 0 Å². The number of anilines is 2. The Morgan fingerprint density at radius 3 is 2.45 bits per heavy atom. The Bertz CT molecular complexity index is 766. The minimum Gasteiger partial charge on any atom is -0.399 e. The van der Waals surface area contributed by atoms with E-state index >= 15 is 0 Å². The fourth-order valence-corrected chi connectivity index (χ4v) is 4.37. The highest BCUT2D eigenvalue weighted by atomic mass is 79.9. The molecule has 0 bridgehead atoms. The number of hydrogen-bond donors (Lipinski definition) is 2. The molecule has 4 nitrogen and oxygen atoms in total. The molecule has 0 aliphatic rings.